The van der Waals surface area contributed by atoms with E-state index in [1.54, 1.807) is 0 Å². The van der Waals surface area contributed by atoms with E-state index in [1.807, 2.05) is 27.7 Å². The summed E-state index contributed by atoms with van der Waals surface area (Å²) < 4.78 is 39.4. The van der Waals surface area contributed by atoms with Crippen LogP contribution in [-0.2, 0) is 13.2 Å². The highest BCUT2D eigenvalue weighted by Gasteiger charge is 2.41. The first-order valence-corrected chi connectivity index (χ1v) is 8.41. The first-order chi connectivity index (χ1) is 10.7. The highest BCUT2D eigenvalue weighted by molar-refractivity contribution is 9.10. The Balaban J connectivity index is 2.23. The molecule has 1 amide bonds. The predicted octanol–water partition coefficient (Wildman–Crippen LogP) is 3.24. The van der Waals surface area contributed by atoms with Crippen molar-refractivity contribution in [3.63, 3.8) is 0 Å². The van der Waals surface area contributed by atoms with Crippen molar-refractivity contribution in [1.29, 1.82) is 0 Å². The molecular formula is C15H22BrF3N4O. The summed E-state index contributed by atoms with van der Waals surface area (Å²) in [6.45, 7) is 8.15. The Morgan fingerprint density at radius 3 is 2.21 bits per heavy atom. The summed E-state index contributed by atoms with van der Waals surface area (Å²) in [5.74, 6) is -0.564. The van der Waals surface area contributed by atoms with Crippen molar-refractivity contribution in [2.45, 2.75) is 63.8 Å². The van der Waals surface area contributed by atoms with Gasteiger partial charge in [0.2, 0.25) is 0 Å². The van der Waals surface area contributed by atoms with Gasteiger partial charge in [0.1, 0.15) is 5.69 Å². The van der Waals surface area contributed by atoms with Crippen LogP contribution in [0.1, 0.15) is 56.7 Å². The van der Waals surface area contributed by atoms with Gasteiger partial charge in [0.15, 0.2) is 5.69 Å². The minimum Gasteiger partial charge on any atom is -0.348 e. The zero-order valence-electron chi connectivity index (χ0n) is 14.3. The Morgan fingerprint density at radius 1 is 1.29 bits per heavy atom. The van der Waals surface area contributed by atoms with Gasteiger partial charge in [-0.1, -0.05) is 0 Å². The number of hydrogen-bond donors (Lipinski definition) is 2. The number of aryl methyl sites for hydroxylation is 1. The fourth-order valence-corrected chi connectivity index (χ4v) is 4.34. The summed E-state index contributed by atoms with van der Waals surface area (Å²) in [4.78, 5) is 12.5. The van der Waals surface area contributed by atoms with E-state index in [0.717, 1.165) is 4.68 Å². The minimum absolute atomic E-state index is 0.128. The normalized spacial score (nSPS) is 20.9. The first-order valence-electron chi connectivity index (χ1n) is 7.62. The van der Waals surface area contributed by atoms with Crippen LogP contribution < -0.4 is 10.6 Å². The second kappa shape index (κ2) is 6.01. The van der Waals surface area contributed by atoms with Crippen LogP contribution in [0.4, 0.5) is 13.2 Å². The van der Waals surface area contributed by atoms with E-state index in [2.05, 4.69) is 31.7 Å². The zero-order chi connectivity index (χ0) is 18.5. The molecule has 0 aliphatic carbocycles. The molecule has 136 valence electrons. The summed E-state index contributed by atoms with van der Waals surface area (Å²) in [7, 11) is 1.32. The van der Waals surface area contributed by atoms with Crippen molar-refractivity contribution in [3.05, 3.63) is 15.9 Å². The van der Waals surface area contributed by atoms with E-state index in [1.165, 1.54) is 7.05 Å². The fourth-order valence-electron chi connectivity index (χ4n) is 3.60. The molecule has 1 saturated heterocycles. The van der Waals surface area contributed by atoms with Gasteiger partial charge in [-0.25, -0.2) is 0 Å². The molecular weight excluding hydrogens is 389 g/mol. The smallest absolute Gasteiger partial charge is 0.348 e. The minimum atomic E-state index is -4.62. The molecule has 1 fully saturated rings. The van der Waals surface area contributed by atoms with E-state index in [9.17, 15) is 18.0 Å². The number of carbonyl (C=O) groups excluding carboxylic acids is 1. The van der Waals surface area contributed by atoms with Crippen molar-refractivity contribution >= 4 is 21.8 Å². The van der Waals surface area contributed by atoms with Crippen LogP contribution in [0.15, 0.2) is 4.47 Å². The molecule has 2 heterocycles. The first kappa shape index (κ1) is 19.2. The maximum atomic E-state index is 12.9. The van der Waals surface area contributed by atoms with Gasteiger partial charge in [0.25, 0.3) is 5.91 Å². The van der Waals surface area contributed by atoms with Gasteiger partial charge >= 0.3 is 6.18 Å². The third-order valence-corrected chi connectivity index (χ3v) is 4.75. The number of rotatable bonds is 2. The molecule has 9 heteroatoms. The summed E-state index contributed by atoms with van der Waals surface area (Å²) in [6, 6.07) is -0.139. The van der Waals surface area contributed by atoms with Gasteiger partial charge in [-0.15, -0.1) is 0 Å². The molecule has 0 atom stereocenters. The third kappa shape index (κ3) is 4.11. The Kier molecular flexibility index (Phi) is 4.82. The van der Waals surface area contributed by atoms with Crippen LogP contribution in [-0.4, -0.2) is 32.8 Å². The SMILES string of the molecule is Cn1nc(C(F)(F)F)c(Br)c1C(=O)NC1CC(C)(C)NC(C)(C)C1. The van der Waals surface area contributed by atoms with Gasteiger partial charge < -0.3 is 10.6 Å². The second-order valence-electron chi connectivity index (χ2n) is 7.60. The molecule has 2 N–H and O–H groups in total. The number of amides is 1. The Hall–Kier alpha value is -1.09. The molecule has 1 aliphatic heterocycles. The molecule has 0 radical (unpaired) electrons. The number of nitrogens with zero attached hydrogens (tertiary/aromatic N) is 2. The number of hydrogen-bond acceptors (Lipinski definition) is 3. The average Bonchev–Trinajstić information content (AvgIpc) is 2.59. The van der Waals surface area contributed by atoms with E-state index in [4.69, 9.17) is 0 Å². The Labute approximate surface area is 147 Å². The van der Waals surface area contributed by atoms with E-state index < -0.39 is 17.8 Å². The maximum Gasteiger partial charge on any atom is 0.436 e. The monoisotopic (exact) mass is 410 g/mol. The van der Waals surface area contributed by atoms with Crippen LogP contribution in [0.3, 0.4) is 0 Å². The van der Waals surface area contributed by atoms with Gasteiger partial charge in [0, 0.05) is 24.2 Å². The molecule has 0 saturated carbocycles. The van der Waals surface area contributed by atoms with Gasteiger partial charge in [-0.05, 0) is 56.5 Å². The van der Waals surface area contributed by atoms with Crippen molar-refractivity contribution in [1.82, 2.24) is 20.4 Å². The summed E-state index contributed by atoms with van der Waals surface area (Å²) in [5.41, 5.74) is -1.58. The predicted molar refractivity (Wildman–Crippen MR) is 87.7 cm³/mol. The largest absolute Gasteiger partial charge is 0.436 e. The van der Waals surface area contributed by atoms with Crippen LogP contribution in [0.25, 0.3) is 0 Å². The lowest BCUT2D eigenvalue weighted by Crippen LogP contribution is -2.62. The lowest BCUT2D eigenvalue weighted by molar-refractivity contribution is -0.142. The Bertz CT molecular complexity index is 636. The highest BCUT2D eigenvalue weighted by Crippen LogP contribution is 2.36. The van der Waals surface area contributed by atoms with Gasteiger partial charge in [-0.3, -0.25) is 9.48 Å². The molecule has 24 heavy (non-hydrogen) atoms. The Morgan fingerprint density at radius 2 is 1.79 bits per heavy atom. The molecule has 1 aliphatic rings. The van der Waals surface area contributed by atoms with Gasteiger partial charge in [-0.2, -0.15) is 18.3 Å². The lowest BCUT2D eigenvalue weighted by Gasteiger charge is -2.46. The molecule has 0 aromatic carbocycles. The fraction of sp³-hybridized carbons (Fsp3) is 0.733. The van der Waals surface area contributed by atoms with Crippen molar-refractivity contribution in [2.24, 2.45) is 7.05 Å². The third-order valence-electron chi connectivity index (χ3n) is 4.00. The number of aromatic nitrogens is 2. The number of halogens is 4. The summed E-state index contributed by atoms with van der Waals surface area (Å²) in [6.07, 6.45) is -3.25. The van der Waals surface area contributed by atoms with Crippen LogP contribution in [0.2, 0.25) is 0 Å². The van der Waals surface area contributed by atoms with Crippen molar-refractivity contribution < 1.29 is 18.0 Å². The molecule has 5 nitrogen and oxygen atoms in total. The van der Waals surface area contributed by atoms with Crippen LogP contribution in [0, 0.1) is 0 Å². The van der Waals surface area contributed by atoms with Crippen LogP contribution >= 0.6 is 15.9 Å². The maximum absolute atomic E-state index is 12.9. The van der Waals surface area contributed by atoms with E-state index in [0.29, 0.717) is 12.8 Å². The molecule has 1 aromatic heterocycles. The summed E-state index contributed by atoms with van der Waals surface area (Å²) in [5, 5.41) is 9.77. The molecule has 1 aromatic rings. The average molecular weight is 411 g/mol. The van der Waals surface area contributed by atoms with Gasteiger partial charge in [0.05, 0.1) is 4.47 Å². The quantitative estimate of drug-likeness (QED) is 0.786. The number of carbonyl (C=O) groups is 1. The van der Waals surface area contributed by atoms with E-state index in [-0.39, 0.29) is 27.3 Å². The molecule has 0 unspecified atom stereocenters. The van der Waals surface area contributed by atoms with E-state index >= 15 is 0 Å². The standard InChI is InChI=1S/C15H22BrF3N4O/c1-13(2)6-8(7-14(3,4)22-13)20-12(24)10-9(16)11(15(17,18)19)21-23(10)5/h8,22H,6-7H2,1-5H3,(H,20,24). The molecule has 0 spiro atoms. The van der Waals surface area contributed by atoms with Crippen molar-refractivity contribution in [3.8, 4) is 0 Å². The van der Waals surface area contributed by atoms with Crippen LogP contribution in [0.5, 0.6) is 0 Å². The lowest BCUT2D eigenvalue weighted by atomic mass is 9.79. The zero-order valence-corrected chi connectivity index (χ0v) is 15.9. The molecule has 0 bridgehead atoms. The van der Waals surface area contributed by atoms with Crippen molar-refractivity contribution in [2.75, 3.05) is 0 Å². The topological polar surface area (TPSA) is 59.0 Å². The second-order valence-corrected chi connectivity index (χ2v) is 8.40. The highest BCUT2D eigenvalue weighted by atomic mass is 79.9. The molecule has 2 rings (SSSR count). The number of alkyl halides is 3. The number of piperidine rings is 1. The summed E-state index contributed by atoms with van der Waals surface area (Å²) >= 11 is 2.87. The number of nitrogens with one attached hydrogen (secondary N) is 2.